The van der Waals surface area contributed by atoms with E-state index in [-0.39, 0.29) is 12.4 Å². The van der Waals surface area contributed by atoms with Gasteiger partial charge >= 0.3 is 0 Å². The third-order valence-electron chi connectivity index (χ3n) is 2.96. The van der Waals surface area contributed by atoms with Crippen molar-refractivity contribution in [2.45, 2.75) is 6.92 Å². The first kappa shape index (κ1) is 12.6. The Labute approximate surface area is 111 Å². The van der Waals surface area contributed by atoms with E-state index in [4.69, 9.17) is 0 Å². The normalized spacial score (nSPS) is 15.9. The summed E-state index contributed by atoms with van der Waals surface area (Å²) in [5.74, 6) is 0. The zero-order valence-electron chi connectivity index (χ0n) is 9.77. The van der Waals surface area contributed by atoms with E-state index in [2.05, 4.69) is 40.3 Å². The Kier molecular flexibility index (Phi) is 3.86. The smallest absolute Gasteiger partial charge is 0.0907 e. The van der Waals surface area contributed by atoms with Gasteiger partial charge in [-0.2, -0.15) is 0 Å². The van der Waals surface area contributed by atoms with Crippen LogP contribution in [0.3, 0.4) is 0 Å². The van der Waals surface area contributed by atoms with Gasteiger partial charge in [-0.25, -0.2) is 4.98 Å². The summed E-state index contributed by atoms with van der Waals surface area (Å²) < 4.78 is 1.29. The molecule has 0 amide bonds. The first-order chi connectivity index (χ1) is 7.83. The topological polar surface area (TPSA) is 28.2 Å². The quantitative estimate of drug-likeness (QED) is 0.862. The molecule has 2 heterocycles. The Balaban J connectivity index is 0.00000108. The highest BCUT2D eigenvalue weighted by molar-refractivity contribution is 7.18. The molecule has 0 atom stereocenters. The zero-order chi connectivity index (χ0) is 11.0. The Morgan fingerprint density at radius 1 is 1.29 bits per heavy atom. The maximum absolute atomic E-state index is 4.54. The number of fused-ring (bicyclic) bond motifs is 1. The fourth-order valence-electron chi connectivity index (χ4n) is 2.15. The molecule has 17 heavy (non-hydrogen) atoms. The van der Waals surface area contributed by atoms with E-state index in [1.165, 1.54) is 10.4 Å². The Morgan fingerprint density at radius 3 is 2.82 bits per heavy atom. The molecule has 0 radical (unpaired) electrons. The summed E-state index contributed by atoms with van der Waals surface area (Å²) in [5, 5.41) is 4.52. The van der Waals surface area contributed by atoms with E-state index in [1.807, 2.05) is 0 Å². The minimum atomic E-state index is 0. The van der Waals surface area contributed by atoms with Gasteiger partial charge in [0.2, 0.25) is 0 Å². The molecule has 1 aromatic carbocycles. The third-order valence-corrected chi connectivity index (χ3v) is 3.91. The first-order valence-electron chi connectivity index (χ1n) is 5.66. The van der Waals surface area contributed by atoms with Gasteiger partial charge in [0.25, 0.3) is 0 Å². The van der Waals surface area contributed by atoms with Crippen molar-refractivity contribution in [2.24, 2.45) is 0 Å². The number of aromatic nitrogens is 1. The third kappa shape index (κ3) is 2.54. The van der Waals surface area contributed by atoms with Crippen molar-refractivity contribution in [3.05, 3.63) is 23.2 Å². The molecule has 1 aliphatic heterocycles. The lowest BCUT2D eigenvalue weighted by molar-refractivity contribution is 0.589. The van der Waals surface area contributed by atoms with Gasteiger partial charge in [-0.15, -0.1) is 23.7 Å². The molecule has 2 aromatic rings. The molecule has 1 saturated heterocycles. The maximum atomic E-state index is 4.54. The lowest BCUT2D eigenvalue weighted by atomic mass is 10.2. The van der Waals surface area contributed by atoms with Gasteiger partial charge in [0.15, 0.2) is 0 Å². The number of thiazole rings is 1. The Bertz CT molecular complexity index is 505. The number of hydrogen-bond donors (Lipinski definition) is 1. The van der Waals surface area contributed by atoms with E-state index < -0.39 is 0 Å². The molecule has 0 bridgehead atoms. The Morgan fingerprint density at radius 2 is 2.06 bits per heavy atom. The van der Waals surface area contributed by atoms with Gasteiger partial charge in [-0.3, -0.25) is 0 Å². The van der Waals surface area contributed by atoms with Crippen LogP contribution < -0.4 is 10.2 Å². The lowest BCUT2D eigenvalue weighted by Crippen LogP contribution is -2.43. The van der Waals surface area contributed by atoms with E-state index in [0.717, 1.165) is 36.7 Å². The number of halogens is 1. The fraction of sp³-hybridized carbons (Fsp3) is 0.417. The highest BCUT2D eigenvalue weighted by Gasteiger charge is 2.11. The van der Waals surface area contributed by atoms with Crippen molar-refractivity contribution in [3.8, 4) is 0 Å². The Hall–Kier alpha value is -0.840. The average molecular weight is 270 g/mol. The largest absolute Gasteiger partial charge is 0.369 e. The van der Waals surface area contributed by atoms with Gasteiger partial charge < -0.3 is 10.2 Å². The average Bonchev–Trinajstić information content (AvgIpc) is 2.69. The van der Waals surface area contributed by atoms with E-state index in [1.54, 1.807) is 11.3 Å². The summed E-state index contributed by atoms with van der Waals surface area (Å²) >= 11 is 1.77. The fourth-order valence-corrected chi connectivity index (χ4v) is 2.96. The molecule has 0 unspecified atom stereocenters. The second kappa shape index (κ2) is 5.21. The number of nitrogens with one attached hydrogen (secondary N) is 1. The van der Waals surface area contributed by atoms with Gasteiger partial charge in [-0.05, 0) is 25.1 Å². The number of benzene rings is 1. The summed E-state index contributed by atoms with van der Waals surface area (Å²) in [4.78, 5) is 6.97. The van der Waals surface area contributed by atoms with Gasteiger partial charge in [-0.1, -0.05) is 0 Å². The van der Waals surface area contributed by atoms with Crippen molar-refractivity contribution in [1.29, 1.82) is 0 Å². The van der Waals surface area contributed by atoms with Crippen LogP contribution in [-0.4, -0.2) is 31.2 Å². The molecule has 1 aliphatic rings. The molecule has 0 saturated carbocycles. The zero-order valence-corrected chi connectivity index (χ0v) is 11.4. The highest BCUT2D eigenvalue weighted by Crippen LogP contribution is 2.26. The molecule has 5 heteroatoms. The molecule has 3 rings (SSSR count). The predicted octanol–water partition coefficient (Wildman–Crippen LogP) is 2.44. The van der Waals surface area contributed by atoms with Gasteiger partial charge in [0, 0.05) is 31.9 Å². The van der Waals surface area contributed by atoms with E-state index >= 15 is 0 Å². The van der Waals surface area contributed by atoms with Crippen LogP contribution in [0.1, 0.15) is 5.01 Å². The predicted molar refractivity (Wildman–Crippen MR) is 76.7 cm³/mol. The van der Waals surface area contributed by atoms with Crippen molar-refractivity contribution in [1.82, 2.24) is 10.3 Å². The lowest BCUT2D eigenvalue weighted by Gasteiger charge is -2.29. The molecular weight excluding hydrogens is 254 g/mol. The molecular formula is C12H16ClN3S. The number of nitrogens with zero attached hydrogens (tertiary/aromatic N) is 2. The highest BCUT2D eigenvalue weighted by atomic mass is 35.5. The monoisotopic (exact) mass is 269 g/mol. The van der Waals surface area contributed by atoms with Gasteiger partial charge in [0.05, 0.1) is 15.2 Å². The van der Waals surface area contributed by atoms with Crippen LogP contribution in [0.4, 0.5) is 5.69 Å². The van der Waals surface area contributed by atoms with Crippen LogP contribution in [0, 0.1) is 6.92 Å². The molecule has 1 N–H and O–H groups in total. The minimum absolute atomic E-state index is 0. The number of hydrogen-bond acceptors (Lipinski definition) is 4. The molecule has 0 spiro atoms. The molecule has 92 valence electrons. The number of rotatable bonds is 1. The van der Waals surface area contributed by atoms with Crippen LogP contribution in [0.5, 0.6) is 0 Å². The standard InChI is InChI=1S/C12H15N3S.ClH/c1-9-14-11-8-10(2-3-12(11)16-9)15-6-4-13-5-7-15;/h2-3,8,13H,4-7H2,1H3;1H. The maximum Gasteiger partial charge on any atom is 0.0907 e. The van der Waals surface area contributed by atoms with E-state index in [0.29, 0.717) is 0 Å². The molecule has 1 fully saturated rings. The van der Waals surface area contributed by atoms with Crippen LogP contribution in [0.15, 0.2) is 18.2 Å². The summed E-state index contributed by atoms with van der Waals surface area (Å²) in [7, 11) is 0. The number of aryl methyl sites for hydroxylation is 1. The van der Waals surface area contributed by atoms with Gasteiger partial charge in [0.1, 0.15) is 0 Å². The first-order valence-corrected chi connectivity index (χ1v) is 6.47. The number of anilines is 1. The van der Waals surface area contributed by atoms with Crippen molar-refractivity contribution in [2.75, 3.05) is 31.1 Å². The van der Waals surface area contributed by atoms with Crippen LogP contribution in [0.2, 0.25) is 0 Å². The van der Waals surface area contributed by atoms with Crippen molar-refractivity contribution < 1.29 is 0 Å². The molecule has 1 aromatic heterocycles. The summed E-state index contributed by atoms with van der Waals surface area (Å²) in [6.07, 6.45) is 0. The van der Waals surface area contributed by atoms with E-state index in [9.17, 15) is 0 Å². The number of piperazine rings is 1. The summed E-state index contributed by atoms with van der Waals surface area (Å²) in [6.45, 7) is 6.40. The van der Waals surface area contributed by atoms with Crippen LogP contribution in [0.25, 0.3) is 10.2 Å². The van der Waals surface area contributed by atoms with Crippen molar-refractivity contribution >= 4 is 39.6 Å². The molecule has 3 nitrogen and oxygen atoms in total. The van der Waals surface area contributed by atoms with Crippen molar-refractivity contribution in [3.63, 3.8) is 0 Å². The minimum Gasteiger partial charge on any atom is -0.369 e. The summed E-state index contributed by atoms with van der Waals surface area (Å²) in [6, 6.07) is 6.62. The SMILES string of the molecule is Cc1nc2cc(N3CCNCC3)ccc2s1.Cl. The summed E-state index contributed by atoms with van der Waals surface area (Å²) in [5.41, 5.74) is 2.44. The van der Waals surface area contributed by atoms with Crippen LogP contribution in [-0.2, 0) is 0 Å². The second-order valence-electron chi connectivity index (χ2n) is 4.12. The molecule has 0 aliphatic carbocycles. The van der Waals surface area contributed by atoms with Crippen LogP contribution >= 0.6 is 23.7 Å². The second-order valence-corrected chi connectivity index (χ2v) is 5.36.